The van der Waals surface area contributed by atoms with E-state index in [1.54, 1.807) is 6.07 Å². The van der Waals surface area contributed by atoms with Gasteiger partial charge in [0, 0.05) is 18.8 Å². The van der Waals surface area contributed by atoms with E-state index in [0.29, 0.717) is 44.1 Å². The molecule has 0 atom stereocenters. The van der Waals surface area contributed by atoms with Crippen LogP contribution in [0.1, 0.15) is 18.4 Å². The molecule has 7 heteroatoms. The molecule has 0 aliphatic carbocycles. The molecule has 1 fully saturated rings. The molecule has 2 aromatic rings. The fourth-order valence-electron chi connectivity index (χ4n) is 2.90. The second kappa shape index (κ2) is 9.72. The number of benzene rings is 2. The summed E-state index contributed by atoms with van der Waals surface area (Å²) in [6.45, 7) is 1.65. The zero-order chi connectivity index (χ0) is 17.6. The van der Waals surface area contributed by atoms with Gasteiger partial charge in [-0.1, -0.05) is 24.3 Å². The molecule has 0 unspecified atom stereocenters. The van der Waals surface area contributed by atoms with Crippen LogP contribution in [0.2, 0.25) is 0 Å². The van der Waals surface area contributed by atoms with Crippen LogP contribution in [0.4, 0.5) is 15.8 Å². The first kappa shape index (κ1) is 20.4. The summed E-state index contributed by atoms with van der Waals surface area (Å²) < 4.78 is 14.4. The van der Waals surface area contributed by atoms with Gasteiger partial charge in [-0.05, 0) is 42.7 Å². The van der Waals surface area contributed by atoms with Crippen molar-refractivity contribution in [3.05, 3.63) is 59.9 Å². The number of guanidine groups is 1. The lowest BCUT2D eigenvalue weighted by Gasteiger charge is -2.31. The number of rotatable bonds is 4. The van der Waals surface area contributed by atoms with E-state index in [4.69, 9.17) is 5.73 Å². The average Bonchev–Trinajstić information content (AvgIpc) is 2.62. The Kier molecular flexibility index (Phi) is 7.65. The Morgan fingerprint density at radius 2 is 1.88 bits per heavy atom. The van der Waals surface area contributed by atoms with Crippen molar-refractivity contribution in [2.45, 2.75) is 25.5 Å². The molecular formula is C19H24FIN4O. The normalized spacial score (nSPS) is 15.5. The SMILES string of the molecule is I.NC(=NCc1ccc(N2CCC(O)CC2)c(F)c1)Nc1ccccc1. The second-order valence-electron chi connectivity index (χ2n) is 6.20. The number of anilines is 2. The first-order valence-corrected chi connectivity index (χ1v) is 8.45. The molecule has 3 rings (SSSR count). The topological polar surface area (TPSA) is 73.9 Å². The number of aliphatic hydroxyl groups is 1. The molecule has 26 heavy (non-hydrogen) atoms. The van der Waals surface area contributed by atoms with Gasteiger partial charge in [0.25, 0.3) is 0 Å². The van der Waals surface area contributed by atoms with Crippen LogP contribution >= 0.6 is 24.0 Å². The van der Waals surface area contributed by atoms with Crippen LogP contribution in [0, 0.1) is 5.82 Å². The van der Waals surface area contributed by atoms with Gasteiger partial charge in [0.05, 0.1) is 18.3 Å². The Morgan fingerprint density at radius 3 is 2.54 bits per heavy atom. The van der Waals surface area contributed by atoms with Crippen molar-refractivity contribution in [2.75, 3.05) is 23.3 Å². The molecule has 5 nitrogen and oxygen atoms in total. The molecule has 140 valence electrons. The molecule has 1 saturated heterocycles. The summed E-state index contributed by atoms with van der Waals surface area (Å²) in [6.07, 6.45) is 1.08. The highest BCUT2D eigenvalue weighted by atomic mass is 127. The van der Waals surface area contributed by atoms with E-state index in [2.05, 4.69) is 10.3 Å². The predicted molar refractivity (Wildman–Crippen MR) is 115 cm³/mol. The molecule has 0 amide bonds. The minimum Gasteiger partial charge on any atom is -0.393 e. The van der Waals surface area contributed by atoms with Crippen molar-refractivity contribution >= 4 is 41.3 Å². The maximum atomic E-state index is 14.4. The van der Waals surface area contributed by atoms with Crippen molar-refractivity contribution in [1.82, 2.24) is 0 Å². The number of hydrogen-bond donors (Lipinski definition) is 3. The summed E-state index contributed by atoms with van der Waals surface area (Å²) in [6, 6.07) is 14.7. The van der Waals surface area contributed by atoms with Gasteiger partial charge in [-0.15, -0.1) is 24.0 Å². The van der Waals surface area contributed by atoms with Crippen molar-refractivity contribution in [2.24, 2.45) is 10.7 Å². The van der Waals surface area contributed by atoms with Crippen molar-refractivity contribution < 1.29 is 9.50 Å². The van der Waals surface area contributed by atoms with Crippen LogP contribution in [0.5, 0.6) is 0 Å². The van der Waals surface area contributed by atoms with Gasteiger partial charge in [0.2, 0.25) is 0 Å². The lowest BCUT2D eigenvalue weighted by Crippen LogP contribution is -2.36. The van der Waals surface area contributed by atoms with Crippen LogP contribution < -0.4 is 16.0 Å². The number of hydrogen-bond acceptors (Lipinski definition) is 3. The van der Waals surface area contributed by atoms with E-state index < -0.39 is 0 Å². The maximum Gasteiger partial charge on any atom is 0.193 e. The Balaban J connectivity index is 0.00000243. The Labute approximate surface area is 170 Å². The molecule has 1 aliphatic heterocycles. The maximum absolute atomic E-state index is 14.4. The van der Waals surface area contributed by atoms with E-state index in [1.165, 1.54) is 6.07 Å². The van der Waals surface area contributed by atoms with Gasteiger partial charge >= 0.3 is 0 Å². The monoisotopic (exact) mass is 470 g/mol. The number of halogens is 2. The second-order valence-corrected chi connectivity index (χ2v) is 6.20. The molecular weight excluding hydrogens is 446 g/mol. The Morgan fingerprint density at radius 1 is 1.19 bits per heavy atom. The number of aliphatic hydroxyl groups excluding tert-OH is 1. The standard InChI is InChI=1S/C19H23FN4O.HI/c20-17-12-14(6-7-18(17)24-10-8-16(25)9-11-24)13-22-19(21)23-15-4-2-1-3-5-15;/h1-7,12,16,25H,8-11,13H2,(H3,21,22,23);1H. The summed E-state index contributed by atoms with van der Waals surface area (Å²) in [5, 5.41) is 12.6. The number of aliphatic imine (C=N–C) groups is 1. The Bertz CT molecular complexity index is 734. The van der Waals surface area contributed by atoms with E-state index in [0.717, 1.165) is 11.3 Å². The van der Waals surface area contributed by atoms with Gasteiger partial charge in [-0.25, -0.2) is 9.38 Å². The van der Waals surface area contributed by atoms with E-state index in [9.17, 15) is 9.50 Å². The summed E-state index contributed by atoms with van der Waals surface area (Å²) in [4.78, 5) is 6.23. The molecule has 0 aromatic heterocycles. The smallest absolute Gasteiger partial charge is 0.193 e. The third-order valence-corrected chi connectivity index (χ3v) is 4.30. The molecule has 0 bridgehead atoms. The van der Waals surface area contributed by atoms with Crippen molar-refractivity contribution in [3.8, 4) is 0 Å². The van der Waals surface area contributed by atoms with E-state index in [-0.39, 0.29) is 35.9 Å². The molecule has 0 radical (unpaired) electrons. The van der Waals surface area contributed by atoms with E-state index >= 15 is 0 Å². The van der Waals surface area contributed by atoms with Crippen LogP contribution in [0.3, 0.4) is 0 Å². The molecule has 2 aromatic carbocycles. The molecule has 1 heterocycles. The van der Waals surface area contributed by atoms with Crippen LogP contribution in [0.15, 0.2) is 53.5 Å². The summed E-state index contributed by atoms with van der Waals surface area (Å²) in [5.74, 6) is 0.0272. The summed E-state index contributed by atoms with van der Waals surface area (Å²) >= 11 is 0. The van der Waals surface area contributed by atoms with Crippen LogP contribution in [-0.4, -0.2) is 30.3 Å². The van der Waals surface area contributed by atoms with Gasteiger partial charge in [-0.2, -0.15) is 0 Å². The lowest BCUT2D eigenvalue weighted by atomic mass is 10.1. The van der Waals surface area contributed by atoms with E-state index in [1.807, 2.05) is 41.3 Å². The highest BCUT2D eigenvalue weighted by molar-refractivity contribution is 14.0. The third kappa shape index (κ3) is 5.57. The zero-order valence-electron chi connectivity index (χ0n) is 14.4. The summed E-state index contributed by atoms with van der Waals surface area (Å²) in [5.41, 5.74) is 8.06. The molecule has 4 N–H and O–H groups in total. The highest BCUT2D eigenvalue weighted by Gasteiger charge is 2.19. The average molecular weight is 470 g/mol. The molecule has 0 saturated carbocycles. The lowest BCUT2D eigenvalue weighted by molar-refractivity contribution is 0.145. The first-order valence-electron chi connectivity index (χ1n) is 8.45. The number of nitrogens with one attached hydrogen (secondary N) is 1. The first-order chi connectivity index (χ1) is 12.1. The minimum absolute atomic E-state index is 0. The molecule has 1 aliphatic rings. The molecule has 0 spiro atoms. The van der Waals surface area contributed by atoms with Crippen molar-refractivity contribution in [1.29, 1.82) is 0 Å². The fourth-order valence-corrected chi connectivity index (χ4v) is 2.90. The number of para-hydroxylation sites is 1. The Hall–Kier alpha value is -1.87. The largest absolute Gasteiger partial charge is 0.393 e. The van der Waals surface area contributed by atoms with Crippen LogP contribution in [-0.2, 0) is 6.54 Å². The van der Waals surface area contributed by atoms with Gasteiger partial charge in [0.15, 0.2) is 5.96 Å². The number of nitrogens with two attached hydrogens (primary N) is 1. The van der Waals surface area contributed by atoms with Gasteiger partial charge < -0.3 is 21.1 Å². The minimum atomic E-state index is -0.270. The van der Waals surface area contributed by atoms with Gasteiger partial charge in [-0.3, -0.25) is 0 Å². The highest BCUT2D eigenvalue weighted by Crippen LogP contribution is 2.24. The number of nitrogens with zero attached hydrogens (tertiary/aromatic N) is 2. The predicted octanol–water partition coefficient (Wildman–Crippen LogP) is 3.33. The van der Waals surface area contributed by atoms with Gasteiger partial charge in [0.1, 0.15) is 5.82 Å². The van der Waals surface area contributed by atoms with Crippen LogP contribution in [0.25, 0.3) is 0 Å². The zero-order valence-corrected chi connectivity index (χ0v) is 16.8. The van der Waals surface area contributed by atoms with Crippen molar-refractivity contribution in [3.63, 3.8) is 0 Å². The summed E-state index contributed by atoms with van der Waals surface area (Å²) in [7, 11) is 0. The quantitative estimate of drug-likeness (QED) is 0.364. The number of piperidine rings is 1. The fraction of sp³-hybridized carbons (Fsp3) is 0.316. The third-order valence-electron chi connectivity index (χ3n) is 4.30.